The van der Waals surface area contributed by atoms with Gasteiger partial charge in [-0.3, -0.25) is 0 Å². The fraction of sp³-hybridized carbons (Fsp3) is 0.400. The Morgan fingerprint density at radius 2 is 2.21 bits per heavy atom. The molecule has 1 aromatic rings. The molecule has 0 aliphatic carbocycles. The van der Waals surface area contributed by atoms with E-state index < -0.39 is 0 Å². The zero-order valence-electron chi connectivity index (χ0n) is 8.13. The van der Waals surface area contributed by atoms with Crippen molar-refractivity contribution in [3.8, 4) is 11.5 Å². The van der Waals surface area contributed by atoms with Crippen LogP contribution in [0.1, 0.15) is 24.1 Å². The number of hydrogen-bond donors (Lipinski definition) is 1. The summed E-state index contributed by atoms with van der Waals surface area (Å²) in [6.07, 6.45) is 0. The van der Waals surface area contributed by atoms with Gasteiger partial charge in [0.2, 0.25) is 6.79 Å². The second-order valence-corrected chi connectivity index (χ2v) is 3.81. The van der Waals surface area contributed by atoms with Gasteiger partial charge in [-0.05, 0) is 25.5 Å². The van der Waals surface area contributed by atoms with Crippen LogP contribution in [-0.4, -0.2) is 6.79 Å². The smallest absolute Gasteiger partial charge is 0.231 e. The number of ether oxygens (including phenoxy) is 2. The molecule has 0 saturated carbocycles. The Balaban J connectivity index is 2.61. The normalized spacial score (nSPS) is 15.7. The van der Waals surface area contributed by atoms with E-state index in [2.05, 4.69) is 0 Å². The molecule has 14 heavy (non-hydrogen) atoms. The van der Waals surface area contributed by atoms with Gasteiger partial charge in [-0.15, -0.1) is 0 Å². The quantitative estimate of drug-likeness (QED) is 0.779. The molecule has 0 saturated heterocycles. The summed E-state index contributed by atoms with van der Waals surface area (Å²) in [5.41, 5.74) is 7.59. The van der Waals surface area contributed by atoms with Crippen molar-refractivity contribution in [2.24, 2.45) is 5.73 Å². The van der Waals surface area contributed by atoms with Crippen LogP contribution in [0.15, 0.2) is 6.07 Å². The van der Waals surface area contributed by atoms with Crippen LogP contribution in [0.5, 0.6) is 11.5 Å². The summed E-state index contributed by atoms with van der Waals surface area (Å²) >= 11 is 6.16. The first kappa shape index (κ1) is 9.62. The second-order valence-electron chi connectivity index (χ2n) is 3.43. The van der Waals surface area contributed by atoms with Gasteiger partial charge < -0.3 is 15.2 Å². The molecule has 0 bridgehead atoms. The second kappa shape index (κ2) is 3.33. The molecule has 1 aliphatic heterocycles. The Bertz CT molecular complexity index is 377. The van der Waals surface area contributed by atoms with Crippen LogP contribution in [-0.2, 0) is 0 Å². The zero-order chi connectivity index (χ0) is 10.3. The van der Waals surface area contributed by atoms with Gasteiger partial charge in [0.1, 0.15) is 0 Å². The van der Waals surface area contributed by atoms with Crippen LogP contribution >= 0.6 is 11.6 Å². The Labute approximate surface area is 87.8 Å². The van der Waals surface area contributed by atoms with Crippen molar-refractivity contribution >= 4 is 11.6 Å². The van der Waals surface area contributed by atoms with Crippen LogP contribution in [0.2, 0.25) is 5.02 Å². The highest BCUT2D eigenvalue weighted by Crippen LogP contribution is 2.42. The van der Waals surface area contributed by atoms with Gasteiger partial charge in [-0.2, -0.15) is 0 Å². The molecule has 1 atom stereocenters. The molecule has 0 spiro atoms. The molecule has 3 nitrogen and oxygen atoms in total. The first-order valence-corrected chi connectivity index (χ1v) is 4.83. The standard InChI is InChI=1S/C10H12ClNO2/c1-5-9(11)7(6(2)12)3-8-10(5)14-4-13-8/h3,6H,4,12H2,1-2H3. The molecule has 2 N–H and O–H groups in total. The lowest BCUT2D eigenvalue weighted by Crippen LogP contribution is -2.06. The third-order valence-corrected chi connectivity index (χ3v) is 2.84. The molecule has 0 amide bonds. The molecule has 2 rings (SSSR count). The van der Waals surface area contributed by atoms with E-state index in [4.69, 9.17) is 26.8 Å². The van der Waals surface area contributed by atoms with Crippen LogP contribution in [0.25, 0.3) is 0 Å². The minimum atomic E-state index is -0.101. The van der Waals surface area contributed by atoms with E-state index in [-0.39, 0.29) is 12.8 Å². The molecule has 76 valence electrons. The van der Waals surface area contributed by atoms with Crippen molar-refractivity contribution in [1.29, 1.82) is 0 Å². The molecule has 0 fully saturated rings. The molecule has 1 unspecified atom stereocenters. The topological polar surface area (TPSA) is 44.5 Å². The Hall–Kier alpha value is -0.930. The fourth-order valence-electron chi connectivity index (χ4n) is 1.54. The molecular weight excluding hydrogens is 202 g/mol. The van der Waals surface area contributed by atoms with E-state index in [1.807, 2.05) is 19.9 Å². The van der Waals surface area contributed by atoms with Crippen LogP contribution < -0.4 is 15.2 Å². The Morgan fingerprint density at radius 3 is 2.86 bits per heavy atom. The first-order chi connectivity index (χ1) is 6.61. The number of rotatable bonds is 1. The van der Waals surface area contributed by atoms with Crippen molar-refractivity contribution in [2.45, 2.75) is 19.9 Å². The summed E-state index contributed by atoms with van der Waals surface area (Å²) in [6, 6.07) is 1.75. The SMILES string of the molecule is Cc1c(Cl)c(C(C)N)cc2c1OCO2. The summed E-state index contributed by atoms with van der Waals surface area (Å²) in [5.74, 6) is 1.47. The fourth-order valence-corrected chi connectivity index (χ4v) is 1.85. The highest BCUT2D eigenvalue weighted by molar-refractivity contribution is 6.32. The monoisotopic (exact) mass is 213 g/mol. The summed E-state index contributed by atoms with van der Waals surface area (Å²) in [7, 11) is 0. The molecular formula is C10H12ClNO2. The van der Waals surface area contributed by atoms with E-state index in [1.54, 1.807) is 0 Å². The maximum Gasteiger partial charge on any atom is 0.231 e. The number of halogens is 1. The number of fused-ring (bicyclic) bond motifs is 1. The Morgan fingerprint density at radius 1 is 1.50 bits per heavy atom. The third kappa shape index (κ3) is 1.33. The summed E-state index contributed by atoms with van der Waals surface area (Å²) in [4.78, 5) is 0. The van der Waals surface area contributed by atoms with Gasteiger partial charge in [0.15, 0.2) is 11.5 Å². The lowest BCUT2D eigenvalue weighted by atomic mass is 10.0. The first-order valence-electron chi connectivity index (χ1n) is 4.45. The van der Waals surface area contributed by atoms with E-state index in [0.717, 1.165) is 22.6 Å². The van der Waals surface area contributed by atoms with Crippen LogP contribution in [0.3, 0.4) is 0 Å². The predicted molar refractivity (Wildman–Crippen MR) is 54.9 cm³/mol. The van der Waals surface area contributed by atoms with Gasteiger partial charge in [-0.1, -0.05) is 11.6 Å². The maximum atomic E-state index is 6.16. The molecule has 4 heteroatoms. The minimum Gasteiger partial charge on any atom is -0.454 e. The highest BCUT2D eigenvalue weighted by atomic mass is 35.5. The van der Waals surface area contributed by atoms with Gasteiger partial charge in [-0.25, -0.2) is 0 Å². The van der Waals surface area contributed by atoms with Gasteiger partial charge >= 0.3 is 0 Å². The summed E-state index contributed by atoms with van der Waals surface area (Å²) < 4.78 is 10.6. The van der Waals surface area contributed by atoms with Crippen LogP contribution in [0, 0.1) is 6.92 Å². The highest BCUT2D eigenvalue weighted by Gasteiger charge is 2.21. The summed E-state index contributed by atoms with van der Waals surface area (Å²) in [5, 5.41) is 0.671. The van der Waals surface area contributed by atoms with E-state index in [9.17, 15) is 0 Å². The minimum absolute atomic E-state index is 0.101. The average molecular weight is 214 g/mol. The van der Waals surface area contributed by atoms with Crippen molar-refractivity contribution in [1.82, 2.24) is 0 Å². The van der Waals surface area contributed by atoms with Crippen LogP contribution in [0.4, 0.5) is 0 Å². The van der Waals surface area contributed by atoms with Crippen molar-refractivity contribution in [3.63, 3.8) is 0 Å². The van der Waals surface area contributed by atoms with E-state index in [1.165, 1.54) is 0 Å². The number of nitrogens with two attached hydrogens (primary N) is 1. The number of hydrogen-bond acceptors (Lipinski definition) is 3. The molecule has 0 radical (unpaired) electrons. The lowest BCUT2D eigenvalue weighted by Gasteiger charge is -2.12. The average Bonchev–Trinajstić information content (AvgIpc) is 2.58. The van der Waals surface area contributed by atoms with Crippen molar-refractivity contribution in [2.75, 3.05) is 6.79 Å². The maximum absolute atomic E-state index is 6.16. The molecule has 1 heterocycles. The largest absolute Gasteiger partial charge is 0.454 e. The third-order valence-electron chi connectivity index (χ3n) is 2.34. The number of benzene rings is 1. The van der Waals surface area contributed by atoms with Crippen molar-refractivity contribution in [3.05, 3.63) is 22.2 Å². The molecule has 1 aromatic carbocycles. The van der Waals surface area contributed by atoms with Gasteiger partial charge in [0.05, 0.1) is 5.02 Å². The van der Waals surface area contributed by atoms with Crippen molar-refractivity contribution < 1.29 is 9.47 Å². The predicted octanol–water partition coefficient (Wildman–Crippen LogP) is 2.40. The Kier molecular flexibility index (Phi) is 2.29. The molecule has 0 aromatic heterocycles. The van der Waals surface area contributed by atoms with Gasteiger partial charge in [0.25, 0.3) is 0 Å². The molecule has 1 aliphatic rings. The van der Waals surface area contributed by atoms with E-state index in [0.29, 0.717) is 5.02 Å². The zero-order valence-corrected chi connectivity index (χ0v) is 8.89. The van der Waals surface area contributed by atoms with E-state index >= 15 is 0 Å². The lowest BCUT2D eigenvalue weighted by molar-refractivity contribution is 0.173. The summed E-state index contributed by atoms with van der Waals surface area (Å²) in [6.45, 7) is 4.06. The van der Waals surface area contributed by atoms with Gasteiger partial charge in [0, 0.05) is 11.6 Å².